The Morgan fingerprint density at radius 1 is 1.33 bits per heavy atom. The minimum Gasteiger partial charge on any atom is -0.443 e. The van der Waals surface area contributed by atoms with E-state index in [1.807, 2.05) is 0 Å². The summed E-state index contributed by atoms with van der Waals surface area (Å²) in [7, 11) is 0. The number of rotatable bonds is 3. The molecule has 7 heteroatoms. The number of nitrogen functional groups attached to an aromatic ring is 1. The summed E-state index contributed by atoms with van der Waals surface area (Å²) in [5.41, 5.74) is 6.20. The van der Waals surface area contributed by atoms with E-state index in [1.54, 1.807) is 12.1 Å². The van der Waals surface area contributed by atoms with Crippen molar-refractivity contribution in [2.45, 2.75) is 38.1 Å². The van der Waals surface area contributed by atoms with Crippen molar-refractivity contribution in [2.75, 3.05) is 5.73 Å². The summed E-state index contributed by atoms with van der Waals surface area (Å²) in [6.45, 7) is 0. The molecule has 1 fully saturated rings. The van der Waals surface area contributed by atoms with Gasteiger partial charge < -0.3 is 20.0 Å². The zero-order valence-electron chi connectivity index (χ0n) is 11.4. The fourth-order valence-corrected chi connectivity index (χ4v) is 2.78. The van der Waals surface area contributed by atoms with Crippen LogP contribution in [0.15, 0.2) is 21.1 Å². The first-order valence-electron chi connectivity index (χ1n) is 6.97. The van der Waals surface area contributed by atoms with Crippen LogP contribution in [0.25, 0.3) is 11.5 Å². The first-order chi connectivity index (χ1) is 10.1. The lowest BCUT2D eigenvalue weighted by Gasteiger charge is -2.22. The molecule has 0 saturated heterocycles. The van der Waals surface area contributed by atoms with Gasteiger partial charge in [0.2, 0.25) is 5.88 Å². The molecule has 0 bridgehead atoms. The second-order valence-electron chi connectivity index (χ2n) is 5.18. The standard InChI is InChI=1S/C14H16ClN3O3/c15-10-7-6-9(20-10)12-11(13(16)21-18-12)14(19)17-8-4-2-1-3-5-8/h6-8H,1-5,16H2,(H,17,19). The minimum atomic E-state index is -0.289. The number of amides is 1. The molecule has 112 valence electrons. The molecule has 0 aliphatic heterocycles. The van der Waals surface area contributed by atoms with Crippen molar-refractivity contribution in [2.24, 2.45) is 0 Å². The van der Waals surface area contributed by atoms with Crippen LogP contribution in [0, 0.1) is 0 Å². The van der Waals surface area contributed by atoms with E-state index in [2.05, 4.69) is 10.5 Å². The average molecular weight is 310 g/mol. The van der Waals surface area contributed by atoms with Gasteiger partial charge in [-0.15, -0.1) is 0 Å². The fraction of sp³-hybridized carbons (Fsp3) is 0.429. The molecule has 2 heterocycles. The summed E-state index contributed by atoms with van der Waals surface area (Å²) in [4.78, 5) is 12.4. The van der Waals surface area contributed by atoms with Crippen LogP contribution in [0.3, 0.4) is 0 Å². The Kier molecular flexibility index (Phi) is 3.88. The van der Waals surface area contributed by atoms with Gasteiger partial charge in [-0.3, -0.25) is 4.79 Å². The van der Waals surface area contributed by atoms with E-state index in [0.29, 0.717) is 5.76 Å². The number of anilines is 1. The Balaban J connectivity index is 1.84. The molecule has 1 aliphatic carbocycles. The predicted molar refractivity (Wildman–Crippen MR) is 78.0 cm³/mol. The minimum absolute atomic E-state index is 0.0224. The molecule has 1 aliphatic rings. The highest BCUT2D eigenvalue weighted by Crippen LogP contribution is 2.30. The van der Waals surface area contributed by atoms with E-state index < -0.39 is 0 Å². The summed E-state index contributed by atoms with van der Waals surface area (Å²) in [5, 5.41) is 7.00. The van der Waals surface area contributed by atoms with E-state index in [-0.39, 0.29) is 34.3 Å². The third kappa shape index (κ3) is 2.90. The van der Waals surface area contributed by atoms with Crippen molar-refractivity contribution in [3.63, 3.8) is 0 Å². The van der Waals surface area contributed by atoms with Gasteiger partial charge in [0.25, 0.3) is 5.91 Å². The number of aromatic nitrogens is 1. The van der Waals surface area contributed by atoms with Crippen molar-refractivity contribution in [3.8, 4) is 11.5 Å². The van der Waals surface area contributed by atoms with Crippen molar-refractivity contribution in [3.05, 3.63) is 22.9 Å². The maximum absolute atomic E-state index is 12.4. The molecule has 2 aromatic heterocycles. The number of carbonyl (C=O) groups excluding carboxylic acids is 1. The van der Waals surface area contributed by atoms with E-state index >= 15 is 0 Å². The van der Waals surface area contributed by atoms with Gasteiger partial charge in [0.1, 0.15) is 5.56 Å². The van der Waals surface area contributed by atoms with Gasteiger partial charge in [-0.25, -0.2) is 0 Å². The predicted octanol–water partition coefficient (Wildman–Crippen LogP) is 3.23. The number of carbonyl (C=O) groups is 1. The van der Waals surface area contributed by atoms with Gasteiger partial charge in [-0.1, -0.05) is 24.4 Å². The first kappa shape index (κ1) is 14.0. The SMILES string of the molecule is Nc1onc(-c2ccc(Cl)o2)c1C(=O)NC1CCCCC1. The summed E-state index contributed by atoms with van der Waals surface area (Å²) < 4.78 is 10.2. The molecular weight excluding hydrogens is 294 g/mol. The van der Waals surface area contributed by atoms with Crippen LogP contribution in [0.4, 0.5) is 5.88 Å². The highest BCUT2D eigenvalue weighted by atomic mass is 35.5. The van der Waals surface area contributed by atoms with Gasteiger partial charge in [0, 0.05) is 6.04 Å². The van der Waals surface area contributed by atoms with E-state index in [0.717, 1.165) is 25.7 Å². The third-order valence-corrected chi connectivity index (χ3v) is 3.90. The monoisotopic (exact) mass is 309 g/mol. The number of hydrogen-bond donors (Lipinski definition) is 2. The van der Waals surface area contributed by atoms with Gasteiger partial charge in [0.05, 0.1) is 0 Å². The molecular formula is C14H16ClN3O3. The van der Waals surface area contributed by atoms with Crippen LogP contribution < -0.4 is 11.1 Å². The Morgan fingerprint density at radius 3 is 2.76 bits per heavy atom. The van der Waals surface area contributed by atoms with Gasteiger partial charge in [0.15, 0.2) is 16.7 Å². The Bertz CT molecular complexity index is 644. The zero-order valence-corrected chi connectivity index (χ0v) is 12.2. The summed E-state index contributed by atoms with van der Waals surface area (Å²) >= 11 is 5.75. The maximum Gasteiger partial charge on any atom is 0.259 e. The lowest BCUT2D eigenvalue weighted by molar-refractivity contribution is 0.0928. The smallest absolute Gasteiger partial charge is 0.259 e. The van der Waals surface area contributed by atoms with E-state index in [9.17, 15) is 4.79 Å². The number of halogens is 1. The largest absolute Gasteiger partial charge is 0.443 e. The normalized spacial score (nSPS) is 16.0. The lowest BCUT2D eigenvalue weighted by atomic mass is 9.95. The molecule has 0 unspecified atom stereocenters. The van der Waals surface area contributed by atoms with Crippen molar-refractivity contribution >= 4 is 23.4 Å². The molecule has 0 radical (unpaired) electrons. The van der Waals surface area contributed by atoms with Gasteiger partial charge in [-0.2, -0.15) is 0 Å². The van der Waals surface area contributed by atoms with Gasteiger partial charge >= 0.3 is 0 Å². The van der Waals surface area contributed by atoms with Crippen molar-refractivity contribution in [1.82, 2.24) is 10.5 Å². The Labute approximate surface area is 126 Å². The molecule has 0 aromatic carbocycles. The molecule has 2 aromatic rings. The fourth-order valence-electron chi connectivity index (χ4n) is 2.64. The van der Waals surface area contributed by atoms with Gasteiger partial charge in [-0.05, 0) is 36.6 Å². The highest BCUT2D eigenvalue weighted by molar-refractivity contribution is 6.29. The van der Waals surface area contributed by atoms with Crippen molar-refractivity contribution in [1.29, 1.82) is 0 Å². The van der Waals surface area contributed by atoms with Crippen LogP contribution in [-0.4, -0.2) is 17.1 Å². The van der Waals surface area contributed by atoms with E-state index in [4.69, 9.17) is 26.3 Å². The molecule has 1 saturated carbocycles. The number of hydrogen-bond acceptors (Lipinski definition) is 5. The Hall–Kier alpha value is -1.95. The molecule has 6 nitrogen and oxygen atoms in total. The van der Waals surface area contributed by atoms with E-state index in [1.165, 1.54) is 6.42 Å². The summed E-state index contributed by atoms with van der Waals surface area (Å²) in [6, 6.07) is 3.37. The van der Waals surface area contributed by atoms with Crippen LogP contribution >= 0.6 is 11.6 Å². The summed E-state index contributed by atoms with van der Waals surface area (Å²) in [6.07, 6.45) is 5.45. The number of furan rings is 1. The zero-order chi connectivity index (χ0) is 14.8. The van der Waals surface area contributed by atoms with Crippen LogP contribution in [0.1, 0.15) is 42.5 Å². The third-order valence-electron chi connectivity index (χ3n) is 3.69. The second-order valence-corrected chi connectivity index (χ2v) is 5.56. The van der Waals surface area contributed by atoms with Crippen LogP contribution in [0.5, 0.6) is 0 Å². The first-order valence-corrected chi connectivity index (χ1v) is 7.34. The quantitative estimate of drug-likeness (QED) is 0.907. The molecule has 21 heavy (non-hydrogen) atoms. The molecule has 0 atom stereocenters. The number of nitrogens with two attached hydrogens (primary N) is 1. The Morgan fingerprint density at radius 2 is 2.10 bits per heavy atom. The second kappa shape index (κ2) is 5.81. The topological polar surface area (TPSA) is 94.3 Å². The number of nitrogens with one attached hydrogen (secondary N) is 1. The van der Waals surface area contributed by atoms with Crippen LogP contribution in [-0.2, 0) is 0 Å². The lowest BCUT2D eigenvalue weighted by Crippen LogP contribution is -2.36. The molecule has 1 amide bonds. The summed E-state index contributed by atoms with van der Waals surface area (Å²) in [5.74, 6) is 0.0447. The molecule has 3 rings (SSSR count). The number of nitrogens with zero attached hydrogens (tertiary/aromatic N) is 1. The van der Waals surface area contributed by atoms with Crippen LogP contribution in [0.2, 0.25) is 5.22 Å². The highest BCUT2D eigenvalue weighted by Gasteiger charge is 2.26. The molecule has 3 N–H and O–H groups in total. The average Bonchev–Trinajstić information content (AvgIpc) is 3.06. The molecule has 0 spiro atoms. The maximum atomic E-state index is 12.4. The van der Waals surface area contributed by atoms with Crippen molar-refractivity contribution < 1.29 is 13.7 Å².